The van der Waals surface area contributed by atoms with Crippen LogP contribution in [-0.2, 0) is 0 Å². The molecule has 0 radical (unpaired) electrons. The second-order valence-corrected chi connectivity index (χ2v) is 6.45. The van der Waals surface area contributed by atoms with Crippen molar-refractivity contribution in [1.29, 1.82) is 0 Å². The predicted octanol–water partition coefficient (Wildman–Crippen LogP) is 2.33. The second kappa shape index (κ2) is 5.49. The van der Waals surface area contributed by atoms with Gasteiger partial charge in [-0.15, -0.1) is 0 Å². The maximum atomic E-state index is 12.9. The van der Waals surface area contributed by atoms with Crippen LogP contribution in [0.1, 0.15) is 41.2 Å². The highest BCUT2D eigenvalue weighted by Crippen LogP contribution is 2.40. The lowest BCUT2D eigenvalue weighted by atomic mass is 10.0. The van der Waals surface area contributed by atoms with Crippen molar-refractivity contribution in [3.05, 3.63) is 35.5 Å². The Bertz CT molecular complexity index is 770. The molecule has 2 aliphatic rings. The molecule has 1 saturated heterocycles. The van der Waals surface area contributed by atoms with Crippen molar-refractivity contribution < 1.29 is 14.6 Å². The molecule has 1 saturated carbocycles. The summed E-state index contributed by atoms with van der Waals surface area (Å²) in [4.78, 5) is 19.4. The number of likely N-dealkylation sites (tertiary alicyclic amines) is 1. The first-order valence-corrected chi connectivity index (χ1v) is 8.12. The number of amides is 1. The Balaban J connectivity index is 1.82. The Morgan fingerprint density at radius 3 is 2.78 bits per heavy atom. The summed E-state index contributed by atoms with van der Waals surface area (Å²) in [6.07, 6.45) is 2.52. The average molecular weight is 312 g/mol. The number of fused-ring (bicyclic) bond motifs is 1. The van der Waals surface area contributed by atoms with Gasteiger partial charge in [0.15, 0.2) is 0 Å². The molecule has 2 fully saturated rings. The molecule has 4 rings (SSSR count). The Morgan fingerprint density at radius 2 is 2.13 bits per heavy atom. The molecule has 1 aliphatic carbocycles. The molecule has 1 aromatic heterocycles. The van der Waals surface area contributed by atoms with Crippen molar-refractivity contribution in [2.45, 2.75) is 31.3 Å². The Kier molecular flexibility index (Phi) is 3.45. The lowest BCUT2D eigenvalue weighted by molar-refractivity contribution is 0.0766. The quantitative estimate of drug-likeness (QED) is 0.945. The Labute approximate surface area is 134 Å². The number of nitrogens with zero attached hydrogens (tertiary/aromatic N) is 2. The van der Waals surface area contributed by atoms with Crippen molar-refractivity contribution in [2.24, 2.45) is 0 Å². The highest BCUT2D eigenvalue weighted by atomic mass is 16.5. The first-order valence-electron chi connectivity index (χ1n) is 8.12. The number of carbonyl (C=O) groups is 1. The Morgan fingerprint density at radius 1 is 1.30 bits per heavy atom. The number of aromatic nitrogens is 1. The van der Waals surface area contributed by atoms with Gasteiger partial charge in [-0.1, -0.05) is 0 Å². The summed E-state index contributed by atoms with van der Waals surface area (Å²) in [6, 6.07) is 7.60. The predicted molar refractivity (Wildman–Crippen MR) is 86.8 cm³/mol. The van der Waals surface area contributed by atoms with Gasteiger partial charge >= 0.3 is 0 Å². The zero-order valence-electron chi connectivity index (χ0n) is 13.2. The largest absolute Gasteiger partial charge is 0.497 e. The average Bonchev–Trinajstić information content (AvgIpc) is 3.34. The number of hydrogen-bond acceptors (Lipinski definition) is 4. The van der Waals surface area contributed by atoms with E-state index in [1.807, 2.05) is 24.3 Å². The maximum Gasteiger partial charge on any atom is 0.254 e. The van der Waals surface area contributed by atoms with E-state index in [0.29, 0.717) is 36.7 Å². The van der Waals surface area contributed by atoms with Crippen LogP contribution in [0.2, 0.25) is 0 Å². The minimum Gasteiger partial charge on any atom is -0.497 e. The van der Waals surface area contributed by atoms with E-state index in [-0.39, 0.29) is 5.91 Å². The van der Waals surface area contributed by atoms with Crippen molar-refractivity contribution in [3.63, 3.8) is 0 Å². The number of β-amino-alcohol motifs (C(OH)–C–C–N with tert-alkyl or cyclic N) is 1. The molecule has 0 spiro atoms. The van der Waals surface area contributed by atoms with Crippen LogP contribution in [0.15, 0.2) is 24.3 Å². The first kappa shape index (κ1) is 14.5. The standard InChI is InChI=1S/C18H20N2O3/c1-23-13-4-5-16-14(8-13)15(9-17(19-16)11-2-3-11)18(22)20-7-6-12(21)10-20/h4-5,8-9,11-12,21H,2-3,6-7,10H2,1H3/t12-/m1/s1. The van der Waals surface area contributed by atoms with Crippen molar-refractivity contribution in [1.82, 2.24) is 9.88 Å². The third kappa shape index (κ3) is 2.65. The van der Waals surface area contributed by atoms with Crippen molar-refractivity contribution in [3.8, 4) is 5.75 Å². The number of pyridine rings is 1. The van der Waals surface area contributed by atoms with Crippen LogP contribution in [0.5, 0.6) is 5.75 Å². The third-order valence-corrected chi connectivity index (χ3v) is 4.71. The summed E-state index contributed by atoms with van der Waals surface area (Å²) in [5, 5.41) is 10.5. The lowest BCUT2D eigenvalue weighted by Crippen LogP contribution is -2.29. The van der Waals surface area contributed by atoms with E-state index >= 15 is 0 Å². The van der Waals surface area contributed by atoms with Crippen molar-refractivity contribution >= 4 is 16.8 Å². The number of hydrogen-bond donors (Lipinski definition) is 1. The summed E-state index contributed by atoms with van der Waals surface area (Å²) < 4.78 is 5.30. The molecule has 5 nitrogen and oxygen atoms in total. The van der Waals surface area contributed by atoms with Crippen LogP contribution in [0, 0.1) is 0 Å². The zero-order chi connectivity index (χ0) is 16.0. The molecule has 1 atom stereocenters. The summed E-state index contributed by atoms with van der Waals surface area (Å²) >= 11 is 0. The number of methoxy groups -OCH3 is 1. The molecule has 0 unspecified atom stereocenters. The molecule has 1 amide bonds. The minimum atomic E-state index is -0.413. The van der Waals surface area contributed by atoms with Gasteiger partial charge in [0.25, 0.3) is 5.91 Å². The number of rotatable bonds is 3. The number of benzene rings is 1. The SMILES string of the molecule is COc1ccc2nc(C3CC3)cc(C(=O)N3CC[C@@H](O)C3)c2c1. The van der Waals surface area contributed by atoms with E-state index < -0.39 is 6.10 Å². The molecular weight excluding hydrogens is 292 g/mol. The zero-order valence-corrected chi connectivity index (χ0v) is 13.2. The minimum absolute atomic E-state index is 0.0240. The highest BCUT2D eigenvalue weighted by Gasteiger charge is 2.30. The normalized spacial score (nSPS) is 21.0. The van der Waals surface area contributed by atoms with Gasteiger partial charge in [0.05, 0.1) is 24.3 Å². The van der Waals surface area contributed by atoms with Gasteiger partial charge < -0.3 is 14.7 Å². The fourth-order valence-electron chi connectivity index (χ4n) is 3.21. The smallest absolute Gasteiger partial charge is 0.254 e. The number of aliphatic hydroxyl groups is 1. The van der Waals surface area contributed by atoms with Gasteiger partial charge in [0.1, 0.15) is 5.75 Å². The summed E-state index contributed by atoms with van der Waals surface area (Å²) in [6.45, 7) is 1.01. The third-order valence-electron chi connectivity index (χ3n) is 4.71. The monoisotopic (exact) mass is 312 g/mol. The van der Waals surface area contributed by atoms with Crippen molar-refractivity contribution in [2.75, 3.05) is 20.2 Å². The molecule has 2 heterocycles. The number of ether oxygens (including phenoxy) is 1. The molecule has 23 heavy (non-hydrogen) atoms. The number of carbonyl (C=O) groups excluding carboxylic acids is 1. The van der Waals surface area contributed by atoms with E-state index in [2.05, 4.69) is 0 Å². The fraction of sp³-hybridized carbons (Fsp3) is 0.444. The van der Waals surface area contributed by atoms with Gasteiger partial charge in [0, 0.05) is 30.1 Å². The molecular formula is C18H20N2O3. The fourth-order valence-corrected chi connectivity index (χ4v) is 3.21. The van der Waals surface area contributed by atoms with Gasteiger partial charge in [-0.05, 0) is 43.5 Å². The van der Waals surface area contributed by atoms with Crippen LogP contribution in [-0.4, -0.2) is 47.2 Å². The van der Waals surface area contributed by atoms with Crippen LogP contribution < -0.4 is 4.74 Å². The highest BCUT2D eigenvalue weighted by molar-refractivity contribution is 6.06. The molecule has 1 aliphatic heterocycles. The lowest BCUT2D eigenvalue weighted by Gasteiger charge is -2.18. The van der Waals surface area contributed by atoms with Gasteiger partial charge in [-0.25, -0.2) is 0 Å². The summed E-state index contributed by atoms with van der Waals surface area (Å²) in [7, 11) is 1.62. The molecule has 2 aromatic rings. The topological polar surface area (TPSA) is 62.7 Å². The molecule has 1 aromatic carbocycles. The van der Waals surface area contributed by atoms with E-state index in [1.165, 1.54) is 0 Å². The van der Waals surface area contributed by atoms with E-state index in [9.17, 15) is 9.90 Å². The molecule has 0 bridgehead atoms. The van der Waals surface area contributed by atoms with Crippen LogP contribution >= 0.6 is 0 Å². The summed E-state index contributed by atoms with van der Waals surface area (Å²) in [5.41, 5.74) is 2.51. The first-order chi connectivity index (χ1) is 11.2. The van der Waals surface area contributed by atoms with E-state index in [0.717, 1.165) is 29.4 Å². The van der Waals surface area contributed by atoms with Crippen LogP contribution in [0.3, 0.4) is 0 Å². The van der Waals surface area contributed by atoms with Gasteiger partial charge in [0.2, 0.25) is 0 Å². The van der Waals surface area contributed by atoms with Gasteiger partial charge in [-0.2, -0.15) is 0 Å². The maximum absolute atomic E-state index is 12.9. The van der Waals surface area contributed by atoms with Crippen LogP contribution in [0.25, 0.3) is 10.9 Å². The van der Waals surface area contributed by atoms with Gasteiger partial charge in [-0.3, -0.25) is 9.78 Å². The Hall–Kier alpha value is -2.14. The summed E-state index contributed by atoms with van der Waals surface area (Å²) in [5.74, 6) is 1.18. The molecule has 5 heteroatoms. The molecule has 120 valence electrons. The van der Waals surface area contributed by atoms with E-state index in [1.54, 1.807) is 12.0 Å². The molecule has 1 N–H and O–H groups in total. The van der Waals surface area contributed by atoms with Crippen LogP contribution in [0.4, 0.5) is 0 Å². The van der Waals surface area contributed by atoms with E-state index in [4.69, 9.17) is 9.72 Å². The number of aliphatic hydroxyl groups excluding tert-OH is 1. The second-order valence-electron chi connectivity index (χ2n) is 6.45.